The van der Waals surface area contributed by atoms with E-state index in [9.17, 15) is 4.79 Å². The highest BCUT2D eigenvalue weighted by molar-refractivity contribution is 5.82. The van der Waals surface area contributed by atoms with E-state index in [0.717, 1.165) is 12.4 Å². The van der Waals surface area contributed by atoms with Gasteiger partial charge < -0.3 is 10.0 Å². The molecule has 86 valence electrons. The van der Waals surface area contributed by atoms with Gasteiger partial charge in [-0.25, -0.2) is 9.78 Å². The summed E-state index contributed by atoms with van der Waals surface area (Å²) in [5.41, 5.74) is 0.503. The van der Waals surface area contributed by atoms with Crippen molar-refractivity contribution in [3.8, 4) is 0 Å². The zero-order chi connectivity index (χ0) is 11.5. The third-order valence-corrected chi connectivity index (χ3v) is 2.85. The van der Waals surface area contributed by atoms with Gasteiger partial charge in [0, 0.05) is 12.6 Å². The highest BCUT2D eigenvalue weighted by Crippen LogP contribution is 2.23. The molecule has 0 aliphatic carbocycles. The van der Waals surface area contributed by atoms with Crippen molar-refractivity contribution >= 4 is 17.6 Å². The predicted octanol–water partition coefficient (Wildman–Crippen LogP) is 2.16. The molecular weight excluding hydrogens is 206 g/mol. The molecule has 0 unspecified atom stereocenters. The first kappa shape index (κ1) is 10.7. The standard InChI is InChI=1S/C11H15N3O2/c1-8-3-2-6-14(8)10-5-4-9(7-12-10)13-11(15)16/h4-5,7-8,13H,2-3,6H2,1H3,(H,15,16)/t8-/m0/s1. The van der Waals surface area contributed by atoms with Crippen LogP contribution in [0.25, 0.3) is 0 Å². The van der Waals surface area contributed by atoms with Crippen molar-refractivity contribution in [2.24, 2.45) is 0 Å². The average molecular weight is 221 g/mol. The van der Waals surface area contributed by atoms with Crippen molar-refractivity contribution in [2.75, 3.05) is 16.8 Å². The van der Waals surface area contributed by atoms with Gasteiger partial charge in [0.1, 0.15) is 5.82 Å². The van der Waals surface area contributed by atoms with Crippen LogP contribution in [-0.4, -0.2) is 28.8 Å². The summed E-state index contributed by atoms with van der Waals surface area (Å²) in [5.74, 6) is 0.918. The SMILES string of the molecule is C[C@H]1CCCN1c1ccc(NC(=O)O)cn1. The number of amides is 1. The first-order chi connectivity index (χ1) is 7.66. The molecule has 2 heterocycles. The molecule has 1 fully saturated rings. The van der Waals surface area contributed by atoms with Gasteiger partial charge in [0.2, 0.25) is 0 Å². The maximum Gasteiger partial charge on any atom is 0.409 e. The summed E-state index contributed by atoms with van der Waals surface area (Å²) in [6.07, 6.45) is 2.87. The van der Waals surface area contributed by atoms with Crippen molar-refractivity contribution in [1.29, 1.82) is 0 Å². The van der Waals surface area contributed by atoms with Crippen LogP contribution in [0.1, 0.15) is 19.8 Å². The molecule has 1 aromatic rings. The molecule has 2 rings (SSSR count). The molecular formula is C11H15N3O2. The van der Waals surface area contributed by atoms with E-state index < -0.39 is 6.09 Å². The lowest BCUT2D eigenvalue weighted by Crippen LogP contribution is -2.27. The van der Waals surface area contributed by atoms with Crippen LogP contribution in [0, 0.1) is 0 Å². The Balaban J connectivity index is 2.09. The number of aromatic nitrogens is 1. The Morgan fingerprint density at radius 3 is 2.94 bits per heavy atom. The third-order valence-electron chi connectivity index (χ3n) is 2.85. The Kier molecular flexibility index (Phi) is 2.94. The zero-order valence-electron chi connectivity index (χ0n) is 9.18. The smallest absolute Gasteiger partial charge is 0.409 e. The molecule has 1 saturated heterocycles. The second-order valence-electron chi connectivity index (χ2n) is 4.02. The molecule has 1 aliphatic rings. The van der Waals surface area contributed by atoms with Crippen molar-refractivity contribution in [2.45, 2.75) is 25.8 Å². The van der Waals surface area contributed by atoms with E-state index in [1.165, 1.54) is 12.8 Å². The van der Waals surface area contributed by atoms with Gasteiger partial charge in [-0.05, 0) is 31.9 Å². The highest BCUT2D eigenvalue weighted by Gasteiger charge is 2.21. The Hall–Kier alpha value is -1.78. The van der Waals surface area contributed by atoms with Gasteiger partial charge in [0.05, 0.1) is 11.9 Å². The molecule has 1 aromatic heterocycles. The van der Waals surface area contributed by atoms with E-state index in [4.69, 9.17) is 5.11 Å². The monoisotopic (exact) mass is 221 g/mol. The fourth-order valence-electron chi connectivity index (χ4n) is 2.03. The molecule has 1 amide bonds. The molecule has 5 heteroatoms. The average Bonchev–Trinajstić information content (AvgIpc) is 2.65. The molecule has 1 atom stereocenters. The van der Waals surface area contributed by atoms with Crippen LogP contribution >= 0.6 is 0 Å². The van der Waals surface area contributed by atoms with Gasteiger partial charge >= 0.3 is 6.09 Å². The van der Waals surface area contributed by atoms with Crippen LogP contribution in [0.15, 0.2) is 18.3 Å². The summed E-state index contributed by atoms with van der Waals surface area (Å²) in [4.78, 5) is 16.9. The number of rotatable bonds is 2. The minimum atomic E-state index is -1.07. The van der Waals surface area contributed by atoms with E-state index in [1.807, 2.05) is 6.07 Å². The molecule has 1 aliphatic heterocycles. The van der Waals surface area contributed by atoms with E-state index in [2.05, 4.69) is 22.1 Å². The minimum absolute atomic E-state index is 0.503. The topological polar surface area (TPSA) is 65.5 Å². The van der Waals surface area contributed by atoms with Crippen molar-refractivity contribution in [3.63, 3.8) is 0 Å². The van der Waals surface area contributed by atoms with Gasteiger partial charge in [-0.1, -0.05) is 0 Å². The lowest BCUT2D eigenvalue weighted by Gasteiger charge is -2.22. The van der Waals surface area contributed by atoms with E-state index in [0.29, 0.717) is 11.7 Å². The predicted molar refractivity (Wildman–Crippen MR) is 61.9 cm³/mol. The summed E-state index contributed by atoms with van der Waals surface area (Å²) in [6.45, 7) is 3.21. The fraction of sp³-hybridized carbons (Fsp3) is 0.455. The summed E-state index contributed by atoms with van der Waals surface area (Å²) >= 11 is 0. The van der Waals surface area contributed by atoms with Crippen LogP contribution in [-0.2, 0) is 0 Å². The molecule has 5 nitrogen and oxygen atoms in total. The summed E-state index contributed by atoms with van der Waals surface area (Å²) in [6, 6.07) is 4.11. The number of anilines is 2. The molecule has 0 saturated carbocycles. The molecule has 0 bridgehead atoms. The largest absolute Gasteiger partial charge is 0.465 e. The number of nitrogens with zero attached hydrogens (tertiary/aromatic N) is 2. The van der Waals surface area contributed by atoms with Crippen molar-refractivity contribution < 1.29 is 9.90 Å². The fourth-order valence-corrected chi connectivity index (χ4v) is 2.03. The Labute approximate surface area is 94.1 Å². The Morgan fingerprint density at radius 1 is 1.62 bits per heavy atom. The quantitative estimate of drug-likeness (QED) is 0.803. The number of carboxylic acid groups (broad SMARTS) is 1. The maximum absolute atomic E-state index is 10.4. The zero-order valence-corrected chi connectivity index (χ0v) is 9.18. The molecule has 16 heavy (non-hydrogen) atoms. The number of pyridine rings is 1. The van der Waals surface area contributed by atoms with E-state index in [-0.39, 0.29) is 0 Å². The van der Waals surface area contributed by atoms with Crippen LogP contribution in [0.4, 0.5) is 16.3 Å². The first-order valence-corrected chi connectivity index (χ1v) is 5.39. The Bertz CT molecular complexity index is 377. The second-order valence-corrected chi connectivity index (χ2v) is 4.02. The number of hydrogen-bond donors (Lipinski definition) is 2. The van der Waals surface area contributed by atoms with E-state index >= 15 is 0 Å². The summed E-state index contributed by atoms with van der Waals surface area (Å²) < 4.78 is 0. The maximum atomic E-state index is 10.4. The van der Waals surface area contributed by atoms with Crippen LogP contribution in [0.3, 0.4) is 0 Å². The number of carbonyl (C=O) groups is 1. The van der Waals surface area contributed by atoms with Crippen LogP contribution in [0.5, 0.6) is 0 Å². The third kappa shape index (κ3) is 2.24. The minimum Gasteiger partial charge on any atom is -0.465 e. The van der Waals surface area contributed by atoms with Gasteiger partial charge in [-0.15, -0.1) is 0 Å². The van der Waals surface area contributed by atoms with Crippen LogP contribution in [0.2, 0.25) is 0 Å². The van der Waals surface area contributed by atoms with Crippen LogP contribution < -0.4 is 10.2 Å². The molecule has 0 spiro atoms. The van der Waals surface area contributed by atoms with Gasteiger partial charge in [-0.2, -0.15) is 0 Å². The number of nitrogens with one attached hydrogen (secondary N) is 1. The van der Waals surface area contributed by atoms with Gasteiger partial charge in [-0.3, -0.25) is 5.32 Å². The lowest BCUT2D eigenvalue weighted by molar-refractivity contribution is 0.209. The van der Waals surface area contributed by atoms with Crippen molar-refractivity contribution in [3.05, 3.63) is 18.3 Å². The molecule has 0 aromatic carbocycles. The highest BCUT2D eigenvalue weighted by atomic mass is 16.4. The Morgan fingerprint density at radius 2 is 2.44 bits per heavy atom. The van der Waals surface area contributed by atoms with Gasteiger partial charge in [0.15, 0.2) is 0 Å². The molecule has 2 N–H and O–H groups in total. The lowest BCUT2D eigenvalue weighted by atomic mass is 10.2. The second kappa shape index (κ2) is 4.38. The summed E-state index contributed by atoms with van der Waals surface area (Å²) in [7, 11) is 0. The normalized spacial score (nSPS) is 19.8. The van der Waals surface area contributed by atoms with Crippen molar-refractivity contribution in [1.82, 2.24) is 4.98 Å². The number of hydrogen-bond acceptors (Lipinski definition) is 3. The first-order valence-electron chi connectivity index (χ1n) is 5.39. The van der Waals surface area contributed by atoms with E-state index in [1.54, 1.807) is 12.3 Å². The van der Waals surface area contributed by atoms with Gasteiger partial charge in [0.25, 0.3) is 0 Å². The molecule has 0 radical (unpaired) electrons. The summed E-state index contributed by atoms with van der Waals surface area (Å²) in [5, 5.41) is 10.8.